The van der Waals surface area contributed by atoms with E-state index in [4.69, 9.17) is 25.7 Å². The maximum absolute atomic E-state index is 13.6. The van der Waals surface area contributed by atoms with Crippen LogP contribution in [0.4, 0.5) is 11.5 Å². The van der Waals surface area contributed by atoms with E-state index in [1.165, 1.54) is 13.1 Å². The summed E-state index contributed by atoms with van der Waals surface area (Å²) in [6.07, 6.45) is 8.03. The number of amides is 2. The summed E-state index contributed by atoms with van der Waals surface area (Å²) in [5.41, 5.74) is 1.99. The molecule has 1 fully saturated rings. The van der Waals surface area contributed by atoms with E-state index in [9.17, 15) is 14.4 Å². The lowest BCUT2D eigenvalue weighted by Crippen LogP contribution is -2.30. The Hall–Kier alpha value is -3.30. The topological polar surface area (TPSA) is 123 Å². The number of nitrogens with one attached hydrogen (secondary N) is 2. The molecule has 2 N–H and O–H groups in total. The molecule has 1 saturated carbocycles. The second kappa shape index (κ2) is 14.7. The van der Waals surface area contributed by atoms with Gasteiger partial charge < -0.3 is 19.8 Å². The van der Waals surface area contributed by atoms with E-state index in [2.05, 4.69) is 22.5 Å². The number of ketones is 1. The van der Waals surface area contributed by atoms with E-state index >= 15 is 0 Å². The number of ether oxygens (including phenoxy) is 1. The maximum atomic E-state index is 13.6. The van der Waals surface area contributed by atoms with Crippen LogP contribution in [-0.4, -0.2) is 40.8 Å². The molecule has 1 aliphatic carbocycles. The molecular formula is C32H41ClN4O5. The van der Waals surface area contributed by atoms with Crippen molar-refractivity contribution in [2.45, 2.75) is 78.6 Å². The molecule has 3 heterocycles. The molecule has 0 spiro atoms. The van der Waals surface area contributed by atoms with Crippen LogP contribution in [0, 0.1) is 17.8 Å². The van der Waals surface area contributed by atoms with Crippen molar-refractivity contribution >= 4 is 51.8 Å². The van der Waals surface area contributed by atoms with Gasteiger partial charge in [0.25, 0.3) is 5.91 Å². The number of halogens is 1. The Morgan fingerprint density at radius 3 is 2.50 bits per heavy atom. The zero-order valence-electron chi connectivity index (χ0n) is 24.9. The molecule has 10 heteroatoms. The average molecular weight is 597 g/mol. The van der Waals surface area contributed by atoms with Crippen LogP contribution in [0.3, 0.4) is 0 Å². The highest BCUT2D eigenvalue weighted by Crippen LogP contribution is 2.38. The lowest BCUT2D eigenvalue weighted by Gasteiger charge is -2.33. The van der Waals surface area contributed by atoms with Crippen LogP contribution in [-0.2, 0) is 14.3 Å². The third kappa shape index (κ3) is 8.16. The highest BCUT2D eigenvalue weighted by Gasteiger charge is 2.32. The van der Waals surface area contributed by atoms with Crippen molar-refractivity contribution in [2.75, 3.05) is 23.8 Å². The Bertz CT molecular complexity index is 1380. The van der Waals surface area contributed by atoms with Gasteiger partial charge in [0.15, 0.2) is 11.4 Å². The van der Waals surface area contributed by atoms with E-state index in [0.29, 0.717) is 40.4 Å². The van der Waals surface area contributed by atoms with Gasteiger partial charge in [0.1, 0.15) is 23.6 Å². The first-order valence-electron chi connectivity index (χ1n) is 14.9. The molecule has 1 atom stereocenters. The van der Waals surface area contributed by atoms with Crippen molar-refractivity contribution in [1.29, 1.82) is 0 Å². The number of fused-ring (bicyclic) bond motifs is 1. The molecule has 0 aliphatic heterocycles. The molecule has 9 nitrogen and oxygen atoms in total. The number of carbonyl (C=O) groups excluding carboxylic acids is 3. The second-order valence-corrected chi connectivity index (χ2v) is 12.0. The van der Waals surface area contributed by atoms with Crippen molar-refractivity contribution in [3.05, 3.63) is 46.9 Å². The predicted octanol–water partition coefficient (Wildman–Crippen LogP) is 7.41. The summed E-state index contributed by atoms with van der Waals surface area (Å²) >= 11 is 5.93. The van der Waals surface area contributed by atoms with Crippen molar-refractivity contribution in [3.8, 4) is 0 Å². The summed E-state index contributed by atoms with van der Waals surface area (Å²) in [5, 5.41) is 6.20. The summed E-state index contributed by atoms with van der Waals surface area (Å²) in [6, 6.07) is 6.87. The number of rotatable bonds is 13. The minimum atomic E-state index is -0.536. The van der Waals surface area contributed by atoms with Crippen LogP contribution in [0.1, 0.15) is 94.8 Å². The van der Waals surface area contributed by atoms with Gasteiger partial charge in [-0.2, -0.15) is 0 Å². The zero-order chi connectivity index (χ0) is 30.2. The SMILES string of the molecule is CCC(CCCOCC(C)=O)C1CCC(C(=O)Nc2c(C(=O)Nc3ccc(Cl)cn3)oc3ccc(C(C)C)nc23)CC1. The van der Waals surface area contributed by atoms with Gasteiger partial charge in [-0.15, -0.1) is 0 Å². The summed E-state index contributed by atoms with van der Waals surface area (Å²) in [7, 11) is 0. The molecule has 3 aromatic rings. The fourth-order valence-electron chi connectivity index (χ4n) is 5.73. The molecule has 1 aliphatic rings. The van der Waals surface area contributed by atoms with Crippen LogP contribution in [0.5, 0.6) is 0 Å². The first-order chi connectivity index (χ1) is 20.2. The van der Waals surface area contributed by atoms with E-state index in [0.717, 1.165) is 50.6 Å². The lowest BCUT2D eigenvalue weighted by atomic mass is 9.73. The molecule has 0 aromatic carbocycles. The number of hydrogen-bond donors (Lipinski definition) is 2. The number of Topliss-reactive ketones (excluding diaryl/α,β-unsaturated/α-hetero) is 1. The molecule has 0 radical (unpaired) electrons. The van der Waals surface area contributed by atoms with E-state index < -0.39 is 5.91 Å². The number of carbonyl (C=O) groups is 3. The van der Waals surface area contributed by atoms with Gasteiger partial charge >= 0.3 is 0 Å². The highest BCUT2D eigenvalue weighted by atomic mass is 35.5. The zero-order valence-corrected chi connectivity index (χ0v) is 25.6. The molecule has 226 valence electrons. The van der Waals surface area contributed by atoms with Crippen LogP contribution < -0.4 is 10.6 Å². The third-order valence-electron chi connectivity index (χ3n) is 8.07. The number of aromatic nitrogens is 2. The fraction of sp³-hybridized carbons (Fsp3) is 0.531. The monoisotopic (exact) mass is 596 g/mol. The fourth-order valence-corrected chi connectivity index (χ4v) is 5.84. The van der Waals surface area contributed by atoms with Gasteiger partial charge in [0.05, 0.1) is 5.02 Å². The van der Waals surface area contributed by atoms with Gasteiger partial charge in [-0.25, -0.2) is 9.97 Å². The lowest BCUT2D eigenvalue weighted by molar-refractivity contribution is -0.122. The van der Waals surface area contributed by atoms with Crippen molar-refractivity contribution in [1.82, 2.24) is 9.97 Å². The molecule has 42 heavy (non-hydrogen) atoms. The second-order valence-electron chi connectivity index (χ2n) is 11.5. The Morgan fingerprint density at radius 1 is 1.10 bits per heavy atom. The molecule has 0 saturated heterocycles. The minimum absolute atomic E-state index is 0.0183. The van der Waals surface area contributed by atoms with Crippen molar-refractivity contribution in [3.63, 3.8) is 0 Å². The standard InChI is InChI=1S/C32H41ClN4O5/c1-5-21(7-6-16-41-18-20(4)38)22-8-10-23(11-9-22)31(39)37-29-28-26(14-13-25(35-28)19(2)3)42-30(29)32(40)36-27-15-12-24(33)17-34-27/h12-15,17,19,21-23H,5-11,16,18H2,1-4H3,(H,37,39)(H,34,36,40). The number of nitrogens with zero attached hydrogens (tertiary/aromatic N) is 2. The van der Waals surface area contributed by atoms with E-state index in [1.807, 2.05) is 19.9 Å². The van der Waals surface area contributed by atoms with Gasteiger partial charge in [-0.05, 0) is 87.5 Å². The Balaban J connectivity index is 1.45. The quantitative estimate of drug-likeness (QED) is 0.197. The number of hydrogen-bond acceptors (Lipinski definition) is 7. The smallest absolute Gasteiger partial charge is 0.294 e. The minimum Gasteiger partial charge on any atom is -0.447 e. The predicted molar refractivity (Wildman–Crippen MR) is 164 cm³/mol. The van der Waals surface area contributed by atoms with Crippen LogP contribution in [0.2, 0.25) is 5.02 Å². The van der Waals surface area contributed by atoms with Crippen LogP contribution in [0.15, 0.2) is 34.9 Å². The molecule has 4 rings (SSSR count). The summed E-state index contributed by atoms with van der Waals surface area (Å²) < 4.78 is 11.4. The van der Waals surface area contributed by atoms with Gasteiger partial charge in [0, 0.05) is 24.4 Å². The van der Waals surface area contributed by atoms with Crippen molar-refractivity contribution in [2.24, 2.45) is 17.8 Å². The maximum Gasteiger partial charge on any atom is 0.294 e. The summed E-state index contributed by atoms with van der Waals surface area (Å²) in [4.78, 5) is 46.8. The molecule has 2 amide bonds. The summed E-state index contributed by atoms with van der Waals surface area (Å²) in [5.74, 6) is 0.805. The first-order valence-corrected chi connectivity index (χ1v) is 15.3. The van der Waals surface area contributed by atoms with Crippen molar-refractivity contribution < 1.29 is 23.5 Å². The van der Waals surface area contributed by atoms with E-state index in [1.54, 1.807) is 18.2 Å². The van der Waals surface area contributed by atoms with Gasteiger partial charge in [-0.3, -0.25) is 14.4 Å². The highest BCUT2D eigenvalue weighted by molar-refractivity contribution is 6.30. The molecule has 0 bridgehead atoms. The third-order valence-corrected chi connectivity index (χ3v) is 8.30. The van der Waals surface area contributed by atoms with Crippen LogP contribution >= 0.6 is 11.6 Å². The Labute approximate surface area is 252 Å². The molecular weight excluding hydrogens is 556 g/mol. The molecule has 3 aromatic heterocycles. The average Bonchev–Trinajstić information content (AvgIpc) is 3.33. The number of furan rings is 1. The number of pyridine rings is 2. The Kier molecular flexibility index (Phi) is 11.1. The molecule has 1 unspecified atom stereocenters. The normalized spacial score (nSPS) is 17.8. The van der Waals surface area contributed by atoms with E-state index in [-0.39, 0.29) is 41.6 Å². The number of anilines is 2. The van der Waals surface area contributed by atoms with Crippen LogP contribution in [0.25, 0.3) is 11.1 Å². The summed E-state index contributed by atoms with van der Waals surface area (Å²) in [6.45, 7) is 8.60. The van der Waals surface area contributed by atoms with Gasteiger partial charge in [0.2, 0.25) is 11.7 Å². The van der Waals surface area contributed by atoms with Gasteiger partial charge in [-0.1, -0.05) is 38.8 Å². The Morgan fingerprint density at radius 2 is 1.86 bits per heavy atom. The largest absolute Gasteiger partial charge is 0.447 e. The first kappa shape index (κ1) is 31.6.